The first kappa shape index (κ1) is 17.9. The van der Waals surface area contributed by atoms with Gasteiger partial charge >= 0.3 is 0 Å². The largest absolute Gasteiger partial charge is 0.354 e. The maximum absolute atomic E-state index is 12.5. The fourth-order valence-electron chi connectivity index (χ4n) is 2.52. The van der Waals surface area contributed by atoms with E-state index in [0.29, 0.717) is 12.1 Å². The lowest BCUT2D eigenvalue weighted by atomic mass is 10.1. The number of para-hydroxylation sites is 1. The summed E-state index contributed by atoms with van der Waals surface area (Å²) < 4.78 is 0. The first-order valence-corrected chi connectivity index (χ1v) is 8.51. The van der Waals surface area contributed by atoms with Gasteiger partial charge in [-0.05, 0) is 50.3 Å². The third-order valence-corrected chi connectivity index (χ3v) is 3.94. The smallest absolute Gasteiger partial charge is 0.253 e. The van der Waals surface area contributed by atoms with E-state index in [1.807, 2.05) is 36.4 Å². The van der Waals surface area contributed by atoms with Gasteiger partial charge in [-0.3, -0.25) is 9.78 Å². The highest BCUT2D eigenvalue weighted by atomic mass is 16.1. The zero-order valence-corrected chi connectivity index (χ0v) is 14.5. The minimum absolute atomic E-state index is 0.0541. The summed E-state index contributed by atoms with van der Waals surface area (Å²) >= 11 is 0. The summed E-state index contributed by atoms with van der Waals surface area (Å²) in [5.74, 6) is -0.0541. The van der Waals surface area contributed by atoms with Crippen LogP contribution in [0.2, 0.25) is 0 Å². The predicted octanol–water partition coefficient (Wildman–Crippen LogP) is 3.29. The van der Waals surface area contributed by atoms with Crippen LogP contribution in [0.4, 0.5) is 11.4 Å². The predicted molar refractivity (Wildman–Crippen MR) is 98.7 cm³/mol. The third kappa shape index (κ3) is 5.35. The maximum Gasteiger partial charge on any atom is 0.253 e. The number of hydrogen-bond acceptors (Lipinski definition) is 4. The highest BCUT2D eigenvalue weighted by Crippen LogP contribution is 2.20. The lowest BCUT2D eigenvalue weighted by Gasteiger charge is -2.18. The molecule has 0 aliphatic carbocycles. The summed E-state index contributed by atoms with van der Waals surface area (Å²) in [6, 6.07) is 11.3. The molecule has 0 atom stereocenters. The van der Waals surface area contributed by atoms with Crippen molar-refractivity contribution in [2.24, 2.45) is 0 Å². The molecule has 0 saturated heterocycles. The van der Waals surface area contributed by atoms with E-state index in [4.69, 9.17) is 0 Å². The van der Waals surface area contributed by atoms with Crippen LogP contribution in [0.1, 0.15) is 30.6 Å². The summed E-state index contributed by atoms with van der Waals surface area (Å²) in [6.45, 7) is 8.08. The standard InChI is InChI=1S/C19H26N4O/c1-3-23(4-2)14-8-13-21-19(24)17-10-5-6-11-18(17)22-16-9-7-12-20-15-16/h5-7,9-12,15,22H,3-4,8,13-14H2,1-2H3,(H,21,24). The van der Waals surface area contributed by atoms with Crippen LogP contribution in [-0.4, -0.2) is 42.0 Å². The topological polar surface area (TPSA) is 57.3 Å². The van der Waals surface area contributed by atoms with E-state index >= 15 is 0 Å². The van der Waals surface area contributed by atoms with Crippen LogP contribution in [0, 0.1) is 0 Å². The summed E-state index contributed by atoms with van der Waals surface area (Å²) in [6.07, 6.45) is 4.41. The maximum atomic E-state index is 12.5. The van der Waals surface area contributed by atoms with Crippen molar-refractivity contribution in [3.05, 3.63) is 54.4 Å². The van der Waals surface area contributed by atoms with Gasteiger partial charge in [0, 0.05) is 12.7 Å². The summed E-state index contributed by atoms with van der Waals surface area (Å²) in [5, 5.41) is 6.26. The Bertz CT molecular complexity index is 626. The SMILES string of the molecule is CCN(CC)CCCNC(=O)c1ccccc1Nc1cccnc1. The molecule has 5 nitrogen and oxygen atoms in total. The summed E-state index contributed by atoms with van der Waals surface area (Å²) in [7, 11) is 0. The molecule has 1 heterocycles. The zero-order valence-electron chi connectivity index (χ0n) is 14.5. The monoisotopic (exact) mass is 326 g/mol. The number of nitrogens with one attached hydrogen (secondary N) is 2. The van der Waals surface area contributed by atoms with Crippen LogP contribution >= 0.6 is 0 Å². The number of anilines is 2. The van der Waals surface area contributed by atoms with Gasteiger partial charge in [-0.15, -0.1) is 0 Å². The third-order valence-electron chi connectivity index (χ3n) is 3.94. The minimum atomic E-state index is -0.0541. The molecule has 0 spiro atoms. The molecule has 0 bridgehead atoms. The quantitative estimate of drug-likeness (QED) is 0.694. The Morgan fingerprint density at radius 1 is 1.12 bits per heavy atom. The minimum Gasteiger partial charge on any atom is -0.354 e. The Morgan fingerprint density at radius 2 is 1.92 bits per heavy atom. The zero-order chi connectivity index (χ0) is 17.2. The number of rotatable bonds is 9. The van der Waals surface area contributed by atoms with Crippen molar-refractivity contribution in [3.8, 4) is 0 Å². The van der Waals surface area contributed by atoms with Gasteiger partial charge in [0.2, 0.25) is 0 Å². The Hall–Kier alpha value is -2.40. The van der Waals surface area contributed by atoms with Crippen LogP contribution in [-0.2, 0) is 0 Å². The second-order valence-electron chi connectivity index (χ2n) is 5.55. The average molecular weight is 326 g/mol. The number of carbonyl (C=O) groups excluding carboxylic acids is 1. The van der Waals surface area contributed by atoms with Crippen LogP contribution < -0.4 is 10.6 Å². The van der Waals surface area contributed by atoms with Gasteiger partial charge in [0.25, 0.3) is 5.91 Å². The van der Waals surface area contributed by atoms with E-state index in [1.165, 1.54) is 0 Å². The Morgan fingerprint density at radius 3 is 2.62 bits per heavy atom. The lowest BCUT2D eigenvalue weighted by molar-refractivity contribution is 0.0952. The van der Waals surface area contributed by atoms with E-state index in [9.17, 15) is 4.79 Å². The molecule has 2 rings (SSSR count). The highest BCUT2D eigenvalue weighted by molar-refractivity contribution is 6.00. The van der Waals surface area contributed by atoms with Gasteiger partial charge in [0.05, 0.1) is 23.1 Å². The molecule has 0 aliphatic heterocycles. The first-order chi connectivity index (χ1) is 11.7. The molecule has 1 amide bonds. The normalized spacial score (nSPS) is 10.6. The molecule has 0 fully saturated rings. The van der Waals surface area contributed by atoms with Crippen molar-refractivity contribution in [1.29, 1.82) is 0 Å². The second-order valence-corrected chi connectivity index (χ2v) is 5.55. The van der Waals surface area contributed by atoms with Crippen molar-refractivity contribution >= 4 is 17.3 Å². The second kappa shape index (κ2) is 9.67. The van der Waals surface area contributed by atoms with Gasteiger partial charge in [-0.2, -0.15) is 0 Å². The molecule has 0 radical (unpaired) electrons. The molecule has 0 unspecified atom stereocenters. The molecule has 0 aliphatic rings. The van der Waals surface area contributed by atoms with Gasteiger partial charge in [-0.1, -0.05) is 26.0 Å². The van der Waals surface area contributed by atoms with Gasteiger partial charge in [0.15, 0.2) is 0 Å². The van der Waals surface area contributed by atoms with Crippen molar-refractivity contribution in [2.75, 3.05) is 31.5 Å². The molecule has 5 heteroatoms. The van der Waals surface area contributed by atoms with E-state index in [-0.39, 0.29) is 5.91 Å². The highest BCUT2D eigenvalue weighted by Gasteiger charge is 2.10. The number of pyridine rings is 1. The van der Waals surface area contributed by atoms with Crippen LogP contribution in [0.5, 0.6) is 0 Å². The molecule has 128 valence electrons. The number of carbonyl (C=O) groups is 1. The number of amides is 1. The van der Waals surface area contributed by atoms with Crippen molar-refractivity contribution in [1.82, 2.24) is 15.2 Å². The fourth-order valence-corrected chi connectivity index (χ4v) is 2.52. The van der Waals surface area contributed by atoms with E-state index < -0.39 is 0 Å². The summed E-state index contributed by atoms with van der Waals surface area (Å²) in [5.41, 5.74) is 2.29. The van der Waals surface area contributed by atoms with Crippen molar-refractivity contribution in [2.45, 2.75) is 20.3 Å². The lowest BCUT2D eigenvalue weighted by Crippen LogP contribution is -2.30. The van der Waals surface area contributed by atoms with E-state index in [0.717, 1.165) is 37.4 Å². The Labute approximate surface area is 144 Å². The molecule has 24 heavy (non-hydrogen) atoms. The van der Waals surface area contributed by atoms with E-state index in [2.05, 4.69) is 34.4 Å². The molecule has 1 aromatic carbocycles. The molecule has 2 aromatic rings. The number of nitrogens with zero attached hydrogens (tertiary/aromatic N) is 2. The van der Waals surface area contributed by atoms with E-state index in [1.54, 1.807) is 12.4 Å². The van der Waals surface area contributed by atoms with Gasteiger partial charge < -0.3 is 15.5 Å². The van der Waals surface area contributed by atoms with Gasteiger partial charge in [0.1, 0.15) is 0 Å². The van der Waals surface area contributed by atoms with Gasteiger partial charge in [-0.25, -0.2) is 0 Å². The summed E-state index contributed by atoms with van der Waals surface area (Å²) in [4.78, 5) is 18.9. The number of hydrogen-bond donors (Lipinski definition) is 2. The fraction of sp³-hybridized carbons (Fsp3) is 0.368. The molecule has 2 N–H and O–H groups in total. The number of benzene rings is 1. The molecule has 1 aromatic heterocycles. The Kier molecular flexibility index (Phi) is 7.23. The van der Waals surface area contributed by atoms with Crippen LogP contribution in [0.25, 0.3) is 0 Å². The number of aromatic nitrogens is 1. The molecular weight excluding hydrogens is 300 g/mol. The first-order valence-electron chi connectivity index (χ1n) is 8.51. The average Bonchev–Trinajstić information content (AvgIpc) is 2.63. The van der Waals surface area contributed by atoms with Crippen molar-refractivity contribution in [3.63, 3.8) is 0 Å². The van der Waals surface area contributed by atoms with Crippen LogP contribution in [0.15, 0.2) is 48.8 Å². The molecule has 0 saturated carbocycles. The van der Waals surface area contributed by atoms with Crippen molar-refractivity contribution < 1.29 is 4.79 Å². The molecular formula is C19H26N4O. The van der Waals surface area contributed by atoms with Crippen LogP contribution in [0.3, 0.4) is 0 Å². The Balaban J connectivity index is 1.92.